The van der Waals surface area contributed by atoms with E-state index in [9.17, 15) is 99.5 Å². The lowest BCUT2D eigenvalue weighted by Crippen LogP contribution is -2.60. The van der Waals surface area contributed by atoms with Gasteiger partial charge in [-0.1, -0.05) is 18.2 Å². The van der Waals surface area contributed by atoms with E-state index in [0.717, 1.165) is 12.1 Å². The van der Waals surface area contributed by atoms with Crippen LogP contribution in [0.15, 0.2) is 83.6 Å². The van der Waals surface area contributed by atoms with E-state index in [1.54, 1.807) is 23.3 Å². The summed E-state index contributed by atoms with van der Waals surface area (Å²) in [6.07, 6.45) is -17.2. The number of ketones is 3. The highest BCUT2D eigenvalue weighted by molar-refractivity contribution is 6.31. The number of carbonyl (C=O) groups is 7. The summed E-state index contributed by atoms with van der Waals surface area (Å²) in [4.78, 5) is 132. The van der Waals surface area contributed by atoms with Crippen LogP contribution < -0.4 is 53.0 Å². The zero-order chi connectivity index (χ0) is 81.1. The van der Waals surface area contributed by atoms with E-state index in [2.05, 4.69) is 52.2 Å². The van der Waals surface area contributed by atoms with E-state index >= 15 is 0 Å². The number of aliphatic hydroxyl groups excluding tert-OH is 6. The third-order valence-electron chi connectivity index (χ3n) is 19.2. The van der Waals surface area contributed by atoms with Crippen LogP contribution in [0, 0.1) is 10.1 Å². The van der Waals surface area contributed by atoms with Gasteiger partial charge in [0.25, 0.3) is 11.5 Å². The van der Waals surface area contributed by atoms with Gasteiger partial charge in [0, 0.05) is 84.6 Å². The molecule has 2 aromatic heterocycles. The zero-order valence-corrected chi connectivity index (χ0v) is 60.4. The van der Waals surface area contributed by atoms with Crippen LogP contribution in [0.3, 0.4) is 0 Å². The summed E-state index contributed by atoms with van der Waals surface area (Å²) in [5, 5.41) is 133. The van der Waals surface area contributed by atoms with Gasteiger partial charge in [-0.05, 0) is 55.3 Å². The van der Waals surface area contributed by atoms with Crippen molar-refractivity contribution >= 4 is 69.7 Å². The van der Waals surface area contributed by atoms with Crippen molar-refractivity contribution < 1.29 is 132 Å². The zero-order valence-electron chi connectivity index (χ0n) is 60.4. The van der Waals surface area contributed by atoms with Crippen molar-refractivity contribution in [1.82, 2.24) is 51.9 Å². The number of carboxylic acids is 1. The predicted molar refractivity (Wildman–Crippen MR) is 383 cm³/mol. The fraction of sp³-hybridized carbons (Fsp3) is 0.451. The standard InChI is InChI=1S/C71H83N13O29/c1-32-56(89)41(24-50(109-32)110-46-26-71(102,48(87)31-86)25-39-52(46)61(94)54-53(58(39)91)57(90)38-4-3-5-44(105-2)51(38)60(54)93)78-70(101)113-45(34-8-12-43(42(22-34)84(103)104)111-68-63(96)62(95)59(92)47(30-85)112-68)23-36-29-83(82-81-36)15-17-107-19-21-108-20-18-106-16-14-73-49(88)13-11-40(67(99)100)77-65(97)33-6-9-35(10-7-33)74-27-37-28-75-64-55(76-37)66(98)80-69(72)79-64/h3-10,12,22,28-29,32,40-41,45-47,50,56,59,62-63,68,74,81-82,85-86,89,91-92,94-96,102H,11,13-21,23-27,30-31H2,1-2H3,(H,73,88)(H,77,97)(H,78,101)(H,99,100)(H3,72,75,79,80,98)/t32?,40-,41?,45+,46-,47?,50?,56?,59-,62-,63?,68+,71-/m0/s1. The van der Waals surface area contributed by atoms with E-state index in [4.69, 9.17) is 48.4 Å². The number of rotatable bonds is 35. The van der Waals surface area contributed by atoms with Crippen LogP contribution in [0.25, 0.3) is 11.2 Å². The molecule has 42 nitrogen and oxygen atoms in total. The Hall–Kier alpha value is -11.2. The van der Waals surface area contributed by atoms with Crippen molar-refractivity contribution in [3.05, 3.63) is 149 Å². The molecule has 2 saturated heterocycles. The molecule has 42 heteroatoms. The molecule has 5 aliphatic rings. The number of methoxy groups -OCH3 is 1. The van der Waals surface area contributed by atoms with Gasteiger partial charge < -0.3 is 126 Å². The van der Waals surface area contributed by atoms with Crippen LogP contribution in [0.4, 0.5) is 22.1 Å². The molecule has 3 aliphatic heterocycles. The second-order valence-corrected chi connectivity index (χ2v) is 26.7. The number of benzene rings is 4. The van der Waals surface area contributed by atoms with Crippen molar-refractivity contribution in [2.24, 2.45) is 0 Å². The first-order valence-corrected chi connectivity index (χ1v) is 35.4. The average Bonchev–Trinajstić information content (AvgIpc) is 0.740. The number of nitro groups is 1. The number of Topliss-reactive ketones (excluding diaryl/α,β-unsaturated/α-hetero) is 1. The van der Waals surface area contributed by atoms with Crippen LogP contribution in [-0.4, -0.2) is 262 Å². The maximum atomic E-state index is 14.3. The number of hydrogen-bond donors (Lipinski definition) is 18. The molecule has 0 saturated carbocycles. The number of aromatic hydroxyl groups is 2. The summed E-state index contributed by atoms with van der Waals surface area (Å²) < 4.78 is 51.6. The Morgan fingerprint density at radius 3 is 2.30 bits per heavy atom. The van der Waals surface area contributed by atoms with Crippen LogP contribution in [0.1, 0.15) is 116 Å². The number of carboxylic acid groups (broad SMARTS) is 1. The minimum absolute atomic E-state index is 0.0100. The number of nitro benzene ring substituents is 1. The number of carbonyl (C=O) groups excluding carboxylic acids is 6. The van der Waals surface area contributed by atoms with Crippen LogP contribution in [0.2, 0.25) is 0 Å². The number of aromatic amines is 1. The molecule has 2 aliphatic carbocycles. The summed E-state index contributed by atoms with van der Waals surface area (Å²) in [5.74, 6) is -7.85. The number of phenolic OH excluding ortho intramolecular Hbond substituents is 2. The summed E-state index contributed by atoms with van der Waals surface area (Å²) in [7, 11) is 1.25. The highest BCUT2D eigenvalue weighted by Crippen LogP contribution is 2.53. The summed E-state index contributed by atoms with van der Waals surface area (Å²) in [6.45, 7) is 0.647. The fourth-order valence-electron chi connectivity index (χ4n) is 13.3. The number of ether oxygens (including phenoxy) is 9. The van der Waals surface area contributed by atoms with Gasteiger partial charge >= 0.3 is 17.7 Å². The Bertz CT molecular complexity index is 4650. The van der Waals surface area contributed by atoms with Gasteiger partial charge in [-0.2, -0.15) is 4.98 Å². The van der Waals surface area contributed by atoms with Gasteiger partial charge in [0.1, 0.15) is 72.1 Å². The Morgan fingerprint density at radius 2 is 1.59 bits per heavy atom. The minimum Gasteiger partial charge on any atom is -0.507 e. The summed E-state index contributed by atoms with van der Waals surface area (Å²) in [6, 6.07) is 10.9. The van der Waals surface area contributed by atoms with E-state index in [-0.39, 0.29) is 135 Å². The van der Waals surface area contributed by atoms with Crippen molar-refractivity contribution in [3.63, 3.8) is 0 Å². The van der Waals surface area contributed by atoms with Crippen molar-refractivity contribution in [1.29, 1.82) is 0 Å². The minimum atomic E-state index is -2.52. The van der Waals surface area contributed by atoms with Gasteiger partial charge in [0.15, 0.2) is 34.8 Å². The summed E-state index contributed by atoms with van der Waals surface area (Å²) in [5.41, 5.74) is 6.73. The van der Waals surface area contributed by atoms with Crippen molar-refractivity contribution in [2.45, 2.75) is 131 Å². The molecule has 0 spiro atoms. The smallest absolute Gasteiger partial charge is 0.408 e. The molecular weight excluding hydrogens is 1500 g/mol. The monoisotopic (exact) mass is 1580 g/mol. The second-order valence-electron chi connectivity index (χ2n) is 26.7. The number of nitrogens with one attached hydrogen (secondary N) is 7. The molecule has 113 heavy (non-hydrogen) atoms. The Balaban J connectivity index is 0.655. The van der Waals surface area contributed by atoms with Gasteiger partial charge in [-0.25, -0.2) is 19.6 Å². The number of nitrogens with zero attached hydrogens (tertiary/aromatic N) is 5. The molecule has 19 N–H and O–H groups in total. The van der Waals surface area contributed by atoms with Gasteiger partial charge in [0.2, 0.25) is 23.9 Å². The lowest BCUT2D eigenvalue weighted by atomic mass is 9.72. The lowest BCUT2D eigenvalue weighted by molar-refractivity contribution is -0.387. The number of aromatic nitrogens is 4. The quantitative estimate of drug-likeness (QED) is 0.00902. The fourth-order valence-corrected chi connectivity index (χ4v) is 13.3. The maximum absolute atomic E-state index is 14.3. The van der Waals surface area contributed by atoms with Crippen LogP contribution in [-0.2, 0) is 60.5 Å². The SMILES string of the molecule is COc1cccc2c1C(=O)c1c(O)c3c(c(O)c1C2=O)C[C@@](O)(C(=O)CO)C[C@@H]3OC1CC(NC(=O)O[C@H](CC2=CN(CCOCCOCCOCCNC(=O)CC[C@H](NC(=O)c3ccc(NCc4cnc5nc(N)[nH]c(=O)c5n4)cc3)C(=O)O)NN2)c2ccc(O[C@@H]3OC(CO)[C@H](O)[C@H](O)C3O)c([N+](=O)[O-])c2)C(O)C(C)O1. The highest BCUT2D eigenvalue weighted by Gasteiger charge is 2.51. The molecule has 5 heterocycles. The summed E-state index contributed by atoms with van der Waals surface area (Å²) >= 11 is 0. The number of nitrogens with two attached hydrogens (primary N) is 1. The molecule has 3 amide bonds. The largest absolute Gasteiger partial charge is 0.507 e. The second kappa shape index (κ2) is 36.5. The Morgan fingerprint density at radius 1 is 0.867 bits per heavy atom. The molecule has 6 unspecified atom stereocenters. The number of nitrogen functional groups attached to an aromatic ring is 1. The first-order chi connectivity index (χ1) is 54.1. The Kier molecular flexibility index (Phi) is 26.7. The molecule has 0 bridgehead atoms. The lowest BCUT2D eigenvalue weighted by Gasteiger charge is -2.42. The number of hydrazine groups is 2. The number of amides is 3. The number of alkyl carbamates (subject to hydrolysis) is 1. The van der Waals surface area contributed by atoms with E-state index in [0.29, 0.717) is 17.1 Å². The van der Waals surface area contributed by atoms with E-state index in [1.165, 1.54) is 56.6 Å². The van der Waals surface area contributed by atoms with Crippen LogP contribution in [0.5, 0.6) is 23.0 Å². The van der Waals surface area contributed by atoms with Crippen LogP contribution >= 0.6 is 0 Å². The number of aliphatic hydroxyl groups is 7. The maximum Gasteiger partial charge on any atom is 0.408 e. The predicted octanol–water partition coefficient (Wildman–Crippen LogP) is -1.80. The van der Waals surface area contributed by atoms with Crippen molar-refractivity contribution in [2.75, 3.05) is 84.1 Å². The molecule has 0 radical (unpaired) electrons. The molecule has 2 fully saturated rings. The highest BCUT2D eigenvalue weighted by atomic mass is 16.7. The number of H-pyrrole nitrogens is 1. The van der Waals surface area contributed by atoms with Gasteiger partial charge in [0.05, 0.1) is 118 Å². The topological polar surface area (TPSA) is 621 Å². The number of fused-ring (bicyclic) bond motifs is 4. The molecule has 11 rings (SSSR count). The van der Waals surface area contributed by atoms with Crippen molar-refractivity contribution in [3.8, 4) is 23.0 Å². The molecular formula is C71H83N13O29. The molecule has 6 aromatic rings. The third kappa shape index (κ3) is 19.1. The third-order valence-corrected chi connectivity index (χ3v) is 19.2. The van der Waals surface area contributed by atoms with E-state index < -0.39 is 197 Å². The number of aliphatic carboxylic acids is 1. The number of phenols is 2. The Labute approximate surface area is 639 Å². The van der Waals surface area contributed by atoms with Gasteiger partial charge in [-0.15, -0.1) is 5.53 Å². The molecule has 13 atom stereocenters. The van der Waals surface area contributed by atoms with Gasteiger partial charge in [-0.3, -0.25) is 48.9 Å². The molecule has 606 valence electrons. The van der Waals surface area contributed by atoms with E-state index in [1.807, 2.05) is 0 Å². The number of hydrogen-bond acceptors (Lipinski definition) is 36. The first kappa shape index (κ1) is 82.7. The number of anilines is 2. The first-order valence-electron chi connectivity index (χ1n) is 35.4. The average molecular weight is 1580 g/mol. The normalized spacial score (nSPS) is 23.0. The molecule has 4 aromatic carbocycles.